The maximum atomic E-state index is 12.5. The van der Waals surface area contributed by atoms with E-state index in [1.54, 1.807) is 32.9 Å². The van der Waals surface area contributed by atoms with Crippen molar-refractivity contribution >= 4 is 23.8 Å². The zero-order chi connectivity index (χ0) is 23.9. The van der Waals surface area contributed by atoms with Gasteiger partial charge in [-0.25, -0.2) is 9.59 Å². The molecule has 2 atom stereocenters. The van der Waals surface area contributed by atoms with Gasteiger partial charge in [-0.3, -0.25) is 14.9 Å². The Morgan fingerprint density at radius 1 is 1.00 bits per heavy atom. The summed E-state index contributed by atoms with van der Waals surface area (Å²) in [6.07, 6.45) is 3.11. The summed E-state index contributed by atoms with van der Waals surface area (Å²) in [7, 11) is 0. The van der Waals surface area contributed by atoms with E-state index in [-0.39, 0.29) is 30.2 Å². The van der Waals surface area contributed by atoms with Crippen LogP contribution in [0, 0.1) is 0 Å². The lowest BCUT2D eigenvalue weighted by molar-refractivity contribution is -0.139. The molecule has 1 aromatic rings. The summed E-state index contributed by atoms with van der Waals surface area (Å²) in [5, 5.41) is 4.66. The predicted octanol–water partition coefficient (Wildman–Crippen LogP) is 2.64. The highest BCUT2D eigenvalue weighted by Crippen LogP contribution is 2.23. The summed E-state index contributed by atoms with van der Waals surface area (Å²) in [6, 6.07) is 5.82. The van der Waals surface area contributed by atoms with Gasteiger partial charge in [0.2, 0.25) is 0 Å². The smallest absolute Gasteiger partial charge is 0.338 e. The van der Waals surface area contributed by atoms with Gasteiger partial charge in [0.15, 0.2) is 13.2 Å². The number of rotatable bonds is 6. The molecule has 2 N–H and O–H groups in total. The molecule has 0 bridgehead atoms. The lowest BCUT2D eigenvalue weighted by atomic mass is 9.97. The largest absolute Gasteiger partial charge is 0.484 e. The van der Waals surface area contributed by atoms with Crippen LogP contribution in [-0.2, 0) is 14.3 Å². The third-order valence-electron chi connectivity index (χ3n) is 5.01. The van der Waals surface area contributed by atoms with Gasteiger partial charge in [0.1, 0.15) is 5.75 Å². The molecule has 9 heteroatoms. The molecule has 1 heterocycles. The van der Waals surface area contributed by atoms with E-state index >= 15 is 0 Å². The molecule has 1 aromatic carbocycles. The number of nitrogens with zero attached hydrogens (tertiary/aromatic N) is 1. The normalized spacial score (nSPS) is 18.5. The summed E-state index contributed by atoms with van der Waals surface area (Å²) in [6.45, 7) is 8.75. The van der Waals surface area contributed by atoms with E-state index in [0.29, 0.717) is 5.75 Å². The second-order valence-corrected chi connectivity index (χ2v) is 9.07. The van der Waals surface area contributed by atoms with Crippen LogP contribution in [0.25, 0.3) is 0 Å². The quantitative estimate of drug-likeness (QED) is 0.648. The van der Waals surface area contributed by atoms with Crippen molar-refractivity contribution in [1.82, 2.24) is 15.5 Å². The van der Waals surface area contributed by atoms with Crippen LogP contribution in [0.2, 0.25) is 0 Å². The highest BCUT2D eigenvalue weighted by Gasteiger charge is 2.29. The molecule has 176 valence electrons. The van der Waals surface area contributed by atoms with E-state index < -0.39 is 30.1 Å². The number of carbonyl (C=O) groups is 4. The summed E-state index contributed by atoms with van der Waals surface area (Å²) < 4.78 is 10.5. The molecule has 2 rings (SSSR count). The second kappa shape index (κ2) is 11.0. The van der Waals surface area contributed by atoms with Gasteiger partial charge in [-0.15, -0.1) is 0 Å². The number of amides is 4. The van der Waals surface area contributed by atoms with E-state index in [0.717, 1.165) is 19.3 Å². The van der Waals surface area contributed by atoms with Gasteiger partial charge in [-0.1, -0.05) is 0 Å². The minimum absolute atomic E-state index is 0.0605. The SMILES string of the molecule is C[C@@H]1CCC[C@H](C)N1C(=O)COc1ccc(C(=O)OCC(=O)NC(=O)NC(C)(C)C)cc1. The molecule has 1 saturated heterocycles. The van der Waals surface area contributed by atoms with Crippen LogP contribution in [0.15, 0.2) is 24.3 Å². The van der Waals surface area contributed by atoms with Crippen molar-refractivity contribution in [2.75, 3.05) is 13.2 Å². The van der Waals surface area contributed by atoms with E-state index in [9.17, 15) is 19.2 Å². The summed E-state index contributed by atoms with van der Waals surface area (Å²) in [5.41, 5.74) is -0.284. The van der Waals surface area contributed by atoms with E-state index in [2.05, 4.69) is 10.6 Å². The topological polar surface area (TPSA) is 114 Å². The van der Waals surface area contributed by atoms with Crippen LogP contribution < -0.4 is 15.4 Å². The number of nitrogens with one attached hydrogen (secondary N) is 2. The number of piperidine rings is 1. The first-order valence-electron chi connectivity index (χ1n) is 10.8. The van der Waals surface area contributed by atoms with Crippen LogP contribution in [0.5, 0.6) is 5.75 Å². The Morgan fingerprint density at radius 2 is 1.59 bits per heavy atom. The molecule has 32 heavy (non-hydrogen) atoms. The summed E-state index contributed by atoms with van der Waals surface area (Å²) >= 11 is 0. The van der Waals surface area contributed by atoms with Crippen molar-refractivity contribution in [3.05, 3.63) is 29.8 Å². The van der Waals surface area contributed by atoms with Crippen molar-refractivity contribution in [2.45, 2.75) is 71.5 Å². The number of benzene rings is 1. The average Bonchev–Trinajstić information content (AvgIpc) is 2.69. The monoisotopic (exact) mass is 447 g/mol. The van der Waals surface area contributed by atoms with Crippen molar-refractivity contribution in [1.29, 1.82) is 0 Å². The van der Waals surface area contributed by atoms with Gasteiger partial charge in [-0.05, 0) is 78.1 Å². The Kier molecular flexibility index (Phi) is 8.63. The van der Waals surface area contributed by atoms with Gasteiger partial charge < -0.3 is 19.7 Å². The molecule has 9 nitrogen and oxygen atoms in total. The number of esters is 1. The Labute approximate surface area is 188 Å². The fraction of sp³-hybridized carbons (Fsp3) is 0.565. The zero-order valence-corrected chi connectivity index (χ0v) is 19.4. The Hall–Kier alpha value is -3.10. The average molecular weight is 448 g/mol. The molecule has 4 amide bonds. The van der Waals surface area contributed by atoms with Crippen molar-refractivity contribution in [3.63, 3.8) is 0 Å². The predicted molar refractivity (Wildman–Crippen MR) is 118 cm³/mol. The van der Waals surface area contributed by atoms with Gasteiger partial charge >= 0.3 is 12.0 Å². The summed E-state index contributed by atoms with van der Waals surface area (Å²) in [4.78, 5) is 49.9. The van der Waals surface area contributed by atoms with Crippen LogP contribution in [-0.4, -0.2) is 59.6 Å². The fourth-order valence-corrected chi connectivity index (χ4v) is 3.57. The number of hydrogen-bond donors (Lipinski definition) is 2. The summed E-state index contributed by atoms with van der Waals surface area (Å²) in [5.74, 6) is -1.06. The third kappa shape index (κ3) is 7.86. The highest BCUT2D eigenvalue weighted by atomic mass is 16.5. The number of urea groups is 1. The molecule has 0 saturated carbocycles. The van der Waals surface area contributed by atoms with Crippen LogP contribution in [0.4, 0.5) is 4.79 Å². The van der Waals surface area contributed by atoms with Gasteiger partial charge in [0.25, 0.3) is 11.8 Å². The lowest BCUT2D eigenvalue weighted by Gasteiger charge is -2.38. The van der Waals surface area contributed by atoms with Gasteiger partial charge in [-0.2, -0.15) is 0 Å². The van der Waals surface area contributed by atoms with Gasteiger partial charge in [0, 0.05) is 17.6 Å². The number of likely N-dealkylation sites (tertiary alicyclic amines) is 1. The molecule has 0 spiro atoms. The second-order valence-electron chi connectivity index (χ2n) is 9.07. The number of ether oxygens (including phenoxy) is 2. The van der Waals surface area contributed by atoms with Gasteiger partial charge in [0.05, 0.1) is 5.56 Å². The van der Waals surface area contributed by atoms with E-state index in [4.69, 9.17) is 9.47 Å². The first-order chi connectivity index (χ1) is 15.0. The minimum atomic E-state index is -0.736. The number of carbonyl (C=O) groups excluding carboxylic acids is 4. The highest BCUT2D eigenvalue weighted by molar-refractivity contribution is 5.97. The molecule has 0 aromatic heterocycles. The molecule has 0 aliphatic carbocycles. The third-order valence-corrected chi connectivity index (χ3v) is 5.01. The first-order valence-corrected chi connectivity index (χ1v) is 10.8. The molecule has 1 aliphatic rings. The molecular formula is C23H33N3O6. The maximum Gasteiger partial charge on any atom is 0.338 e. The van der Waals surface area contributed by atoms with Crippen LogP contribution in [0.3, 0.4) is 0 Å². The molecule has 0 unspecified atom stereocenters. The Balaban J connectivity index is 1.79. The van der Waals surface area contributed by atoms with Crippen LogP contribution in [0.1, 0.15) is 64.2 Å². The van der Waals surface area contributed by atoms with Crippen molar-refractivity contribution in [3.8, 4) is 5.75 Å². The lowest BCUT2D eigenvalue weighted by Crippen LogP contribution is -2.49. The Morgan fingerprint density at radius 3 is 2.16 bits per heavy atom. The number of imide groups is 1. The molecular weight excluding hydrogens is 414 g/mol. The fourth-order valence-electron chi connectivity index (χ4n) is 3.57. The van der Waals surface area contributed by atoms with Crippen LogP contribution >= 0.6 is 0 Å². The molecule has 1 fully saturated rings. The minimum Gasteiger partial charge on any atom is -0.484 e. The Bertz CT molecular complexity index is 821. The number of hydrogen-bond acceptors (Lipinski definition) is 6. The van der Waals surface area contributed by atoms with E-state index in [1.807, 2.05) is 18.7 Å². The van der Waals surface area contributed by atoms with Crippen molar-refractivity contribution < 1.29 is 28.7 Å². The maximum absolute atomic E-state index is 12.5. The van der Waals surface area contributed by atoms with E-state index in [1.165, 1.54) is 12.1 Å². The zero-order valence-electron chi connectivity index (χ0n) is 19.4. The molecule has 1 aliphatic heterocycles. The molecule has 0 radical (unpaired) electrons. The first kappa shape index (κ1) is 25.2. The standard InChI is InChI=1S/C23H33N3O6/c1-15-7-6-8-16(2)26(15)20(28)14-31-18-11-9-17(10-12-18)21(29)32-13-19(27)24-22(30)25-23(3,4)5/h9-12,15-16H,6-8,13-14H2,1-5H3,(H2,24,25,27,30)/t15-,16+. The van der Waals surface area contributed by atoms with Crippen molar-refractivity contribution in [2.24, 2.45) is 0 Å².